The van der Waals surface area contributed by atoms with Crippen molar-refractivity contribution >= 4 is 32.1 Å². The lowest BCUT2D eigenvalue weighted by molar-refractivity contribution is -0.364. The Morgan fingerprint density at radius 3 is 2.00 bits per heavy atom. The minimum atomic E-state index is -2.49. The van der Waals surface area contributed by atoms with E-state index in [0.717, 1.165) is 18.1 Å². The molecule has 0 radical (unpaired) electrons. The molecule has 3 fully saturated rings. The first-order valence-electron chi connectivity index (χ1n) is 21.4. The van der Waals surface area contributed by atoms with E-state index in [1.807, 2.05) is 0 Å². The van der Waals surface area contributed by atoms with E-state index in [9.17, 15) is 39.6 Å². The van der Waals surface area contributed by atoms with Crippen LogP contribution in [-0.4, -0.2) is 113 Å². The van der Waals surface area contributed by atoms with Gasteiger partial charge in [0, 0.05) is 49.0 Å². The van der Waals surface area contributed by atoms with Crippen molar-refractivity contribution in [2.75, 3.05) is 6.61 Å². The van der Waals surface area contributed by atoms with Gasteiger partial charge in [0.2, 0.25) is 0 Å². The number of hydrogen-bond donors (Lipinski definition) is 5. The topological polar surface area (TPSA) is 207 Å². The second kappa shape index (κ2) is 17.3. The van der Waals surface area contributed by atoms with Gasteiger partial charge in [-0.1, -0.05) is 90.1 Å². The molecule has 1 saturated heterocycles. The van der Waals surface area contributed by atoms with Gasteiger partial charge in [0.15, 0.2) is 26.1 Å². The molecule has 334 valence electrons. The molecule has 6 rings (SSSR count). The Morgan fingerprint density at radius 2 is 1.48 bits per heavy atom. The van der Waals surface area contributed by atoms with Crippen LogP contribution in [0.5, 0.6) is 0 Å². The van der Waals surface area contributed by atoms with E-state index in [1.54, 1.807) is 88.4 Å². The van der Waals surface area contributed by atoms with E-state index < -0.39 is 115 Å². The largest absolute Gasteiger partial charge is 0.456 e. The minimum Gasteiger partial charge on any atom is -0.456 e. The number of carbonyl (C=O) groups is 4. The number of esters is 3. The normalized spacial score (nSPS) is 33.9. The van der Waals surface area contributed by atoms with Gasteiger partial charge in [-0.05, 0) is 53.9 Å². The number of carbonyl (C=O) groups excluding carboxylic acids is 4. The molecule has 15 heteroatoms. The van der Waals surface area contributed by atoms with E-state index in [-0.39, 0.29) is 18.6 Å². The third kappa shape index (κ3) is 7.78. The number of fused-ring (bicyclic) bond motifs is 5. The molecule has 2 bridgehead atoms. The maximum Gasteiger partial charge on any atom is 0.338 e. The smallest absolute Gasteiger partial charge is 0.338 e. The lowest BCUT2D eigenvalue weighted by Gasteiger charge is -2.69. The third-order valence-corrected chi connectivity index (χ3v) is 19.4. The van der Waals surface area contributed by atoms with Crippen molar-refractivity contribution in [3.63, 3.8) is 0 Å². The van der Waals surface area contributed by atoms with Crippen LogP contribution >= 0.6 is 0 Å². The average molecular weight is 866 g/mol. The van der Waals surface area contributed by atoms with Crippen LogP contribution in [0.4, 0.5) is 0 Å². The highest BCUT2D eigenvalue weighted by molar-refractivity contribution is 6.73. The summed E-state index contributed by atoms with van der Waals surface area (Å²) < 4.78 is 31.7. The second-order valence-corrected chi connectivity index (χ2v) is 22.9. The van der Waals surface area contributed by atoms with Crippen LogP contribution in [0.2, 0.25) is 18.1 Å². The zero-order valence-corrected chi connectivity index (χ0v) is 37.7. The molecule has 1 heterocycles. The molecule has 5 N–H and O–H groups in total. The fraction of sp³-hybridized carbons (Fsp3) is 0.609. The molecule has 12 atom stereocenters. The summed E-state index contributed by atoms with van der Waals surface area (Å²) in [5, 5.41) is 54.1. The Bertz CT molecular complexity index is 1980. The third-order valence-electron chi connectivity index (χ3n) is 14.8. The number of ether oxygens (including phenoxy) is 4. The standard InChI is InChI=1S/C46H63NO13Si/c1-10-61(11-2,12-3)60-32-23-33-45(25-56-33,59-28(6)49)38-40(52)46(55)24-31(26(4)34(43(46,7)8)37(57-27(5)48)39(51)44(32,38)9)58-42(54)36(50)35(29-19-15-13-16-20-29)47-41(53)30-21-17-14-18-22-30/h13-22,31-33,35-40,50-52,55H,10-12,23-25H2,1-9H3,(H,47,53)/t31-,32?,33+,35-,36+,37-,38-,39-,40-,44+,45-,46+/m0/s1. The summed E-state index contributed by atoms with van der Waals surface area (Å²) in [6.07, 6.45) is -10.0. The van der Waals surface area contributed by atoms with Gasteiger partial charge >= 0.3 is 17.9 Å². The van der Waals surface area contributed by atoms with Crippen LogP contribution in [0.1, 0.15) is 97.1 Å². The van der Waals surface area contributed by atoms with Gasteiger partial charge in [0.1, 0.15) is 23.9 Å². The Morgan fingerprint density at radius 1 is 0.885 bits per heavy atom. The second-order valence-electron chi connectivity index (χ2n) is 18.1. The predicted octanol–water partition coefficient (Wildman–Crippen LogP) is 4.69. The maximum atomic E-state index is 14.2. The maximum absolute atomic E-state index is 14.2. The number of hydrogen-bond acceptors (Lipinski definition) is 13. The quantitative estimate of drug-likeness (QED) is 0.0803. The summed E-state index contributed by atoms with van der Waals surface area (Å²) in [5.74, 6) is -4.37. The van der Waals surface area contributed by atoms with E-state index in [2.05, 4.69) is 26.1 Å². The van der Waals surface area contributed by atoms with Crippen molar-refractivity contribution in [2.24, 2.45) is 16.7 Å². The fourth-order valence-corrected chi connectivity index (χ4v) is 14.0. The van der Waals surface area contributed by atoms with Gasteiger partial charge in [0.05, 0.1) is 24.9 Å². The Balaban J connectivity index is 1.49. The Kier molecular flexibility index (Phi) is 13.2. The molecule has 2 aromatic rings. The Labute approximate surface area is 359 Å². The van der Waals surface area contributed by atoms with Gasteiger partial charge in [0.25, 0.3) is 5.91 Å². The van der Waals surface area contributed by atoms with Crippen molar-refractivity contribution < 1.29 is 63.0 Å². The van der Waals surface area contributed by atoms with Crippen LogP contribution in [-0.2, 0) is 37.8 Å². The van der Waals surface area contributed by atoms with Gasteiger partial charge < -0.3 is 49.1 Å². The molecular weight excluding hydrogens is 803 g/mol. The molecule has 14 nitrogen and oxygen atoms in total. The van der Waals surface area contributed by atoms with Crippen molar-refractivity contribution in [3.05, 3.63) is 82.9 Å². The van der Waals surface area contributed by atoms with Crippen LogP contribution in [0.15, 0.2) is 71.8 Å². The molecule has 4 aliphatic rings. The lowest BCUT2D eigenvalue weighted by atomic mass is 9.44. The Hall–Kier alpha value is -3.96. The minimum absolute atomic E-state index is 0.150. The summed E-state index contributed by atoms with van der Waals surface area (Å²) >= 11 is 0. The van der Waals surface area contributed by atoms with E-state index in [1.165, 1.54) is 13.8 Å². The van der Waals surface area contributed by atoms with Crippen LogP contribution in [0, 0.1) is 16.7 Å². The van der Waals surface area contributed by atoms with Crippen LogP contribution < -0.4 is 5.32 Å². The van der Waals surface area contributed by atoms with Gasteiger partial charge in [-0.3, -0.25) is 14.4 Å². The highest BCUT2D eigenvalue weighted by atomic mass is 28.4. The average Bonchev–Trinajstić information content (AvgIpc) is 3.22. The van der Waals surface area contributed by atoms with Crippen molar-refractivity contribution in [1.29, 1.82) is 0 Å². The zero-order chi connectivity index (χ0) is 44.9. The molecule has 0 aromatic heterocycles. The highest BCUT2D eigenvalue weighted by Crippen LogP contribution is 2.65. The molecule has 1 amide bonds. The van der Waals surface area contributed by atoms with Gasteiger partial charge in [-0.25, -0.2) is 4.79 Å². The number of aliphatic hydroxyl groups excluding tert-OH is 3. The molecule has 1 unspecified atom stereocenters. The molecule has 0 spiro atoms. The summed E-state index contributed by atoms with van der Waals surface area (Å²) in [5.41, 5.74) is -5.55. The van der Waals surface area contributed by atoms with Crippen molar-refractivity contribution in [3.8, 4) is 0 Å². The van der Waals surface area contributed by atoms with Crippen molar-refractivity contribution in [2.45, 2.75) is 153 Å². The number of aliphatic hydroxyl groups is 4. The van der Waals surface area contributed by atoms with E-state index in [0.29, 0.717) is 16.7 Å². The number of rotatable bonds is 13. The van der Waals surface area contributed by atoms with Gasteiger partial charge in [-0.15, -0.1) is 0 Å². The first-order chi connectivity index (χ1) is 28.7. The molecule has 2 aromatic carbocycles. The van der Waals surface area contributed by atoms with Crippen LogP contribution in [0.25, 0.3) is 0 Å². The molecule has 1 aliphatic heterocycles. The highest BCUT2D eigenvalue weighted by Gasteiger charge is 2.77. The van der Waals surface area contributed by atoms with E-state index >= 15 is 0 Å². The van der Waals surface area contributed by atoms with E-state index in [4.69, 9.17) is 23.4 Å². The molecule has 2 saturated carbocycles. The number of benzene rings is 2. The van der Waals surface area contributed by atoms with Crippen LogP contribution in [0.3, 0.4) is 0 Å². The first-order valence-corrected chi connectivity index (χ1v) is 24.0. The molecule has 61 heavy (non-hydrogen) atoms. The predicted molar refractivity (Wildman–Crippen MR) is 225 cm³/mol. The summed E-state index contributed by atoms with van der Waals surface area (Å²) in [6, 6.07) is 17.7. The van der Waals surface area contributed by atoms with Gasteiger partial charge in [-0.2, -0.15) is 0 Å². The zero-order valence-electron chi connectivity index (χ0n) is 36.7. The lowest BCUT2D eigenvalue weighted by Crippen LogP contribution is -2.82. The summed E-state index contributed by atoms with van der Waals surface area (Å²) in [7, 11) is -2.49. The number of nitrogens with one attached hydrogen (secondary N) is 1. The molecule has 3 aliphatic carbocycles. The monoisotopic (exact) mass is 865 g/mol. The first kappa shape index (κ1) is 46.5. The summed E-state index contributed by atoms with van der Waals surface area (Å²) in [4.78, 5) is 53.8. The SMILES string of the molecule is CC[Si](CC)(CC)OC1C[C@H]2OC[C@@]2(OC(C)=O)[C@H]2[C@H](O)[C@]3(O)C[C@H](OC(=O)[C@H](O)[C@@H](NC(=O)c4ccccc4)c4ccccc4)C(C)=C([C@H](OC(C)=O)[C@H](O)[C@]12C)C3(C)C. The molecular formula is C46H63NO13Si. The fourth-order valence-electron chi connectivity index (χ4n) is 11.0. The summed E-state index contributed by atoms with van der Waals surface area (Å²) in [6.45, 7) is 15.2. The number of amides is 1. The van der Waals surface area contributed by atoms with Crippen molar-refractivity contribution in [1.82, 2.24) is 5.32 Å².